The van der Waals surface area contributed by atoms with Gasteiger partial charge >= 0.3 is 0 Å². The lowest BCUT2D eigenvalue weighted by molar-refractivity contribution is -0.131. The first-order valence-corrected chi connectivity index (χ1v) is 6.71. The van der Waals surface area contributed by atoms with Crippen molar-refractivity contribution in [3.8, 4) is 0 Å². The van der Waals surface area contributed by atoms with Gasteiger partial charge in [-0.3, -0.25) is 4.79 Å². The zero-order valence-corrected chi connectivity index (χ0v) is 10.8. The molecule has 4 rings (SSSR count). The molecule has 3 nitrogen and oxygen atoms in total. The number of halogens is 1. The Kier molecular flexibility index (Phi) is 1.96. The zero-order valence-electron chi connectivity index (χ0n) is 10.8. The summed E-state index contributed by atoms with van der Waals surface area (Å²) < 4.78 is 13.4. The van der Waals surface area contributed by atoms with Gasteiger partial charge in [0.15, 0.2) is 0 Å². The minimum absolute atomic E-state index is 0.204. The molecule has 1 aromatic heterocycles. The van der Waals surface area contributed by atoms with Crippen molar-refractivity contribution < 1.29 is 9.18 Å². The van der Waals surface area contributed by atoms with Crippen LogP contribution < -0.4 is 0 Å². The van der Waals surface area contributed by atoms with Crippen LogP contribution in [-0.4, -0.2) is 22.3 Å². The molecule has 1 N–H and O–H groups in total. The molecule has 3 heterocycles. The summed E-state index contributed by atoms with van der Waals surface area (Å²) in [5.74, 6) is 0.0300. The van der Waals surface area contributed by atoms with Gasteiger partial charge in [0.25, 0.3) is 0 Å². The molecule has 0 bridgehead atoms. The largest absolute Gasteiger partial charge is 0.356 e. The standard InChI is InChI=1S/C15H15FN2O/c1-15-6-4-13(19)18(15)7-5-10-11-8-9(16)2-3-12(11)17-14(10)15/h2-3,8,17H,4-7H2,1H3. The quantitative estimate of drug-likeness (QED) is 0.775. The summed E-state index contributed by atoms with van der Waals surface area (Å²) in [4.78, 5) is 17.3. The van der Waals surface area contributed by atoms with Crippen LogP contribution in [0.2, 0.25) is 0 Å². The number of amides is 1. The third-order valence-corrected chi connectivity index (χ3v) is 4.71. The first kappa shape index (κ1) is 11.0. The molecule has 1 atom stereocenters. The van der Waals surface area contributed by atoms with Crippen molar-refractivity contribution >= 4 is 16.8 Å². The number of rotatable bonds is 0. The molecule has 1 fully saturated rings. The van der Waals surface area contributed by atoms with Gasteiger partial charge in [0.05, 0.1) is 5.54 Å². The van der Waals surface area contributed by atoms with E-state index in [2.05, 4.69) is 11.9 Å². The number of carbonyl (C=O) groups is 1. The van der Waals surface area contributed by atoms with E-state index in [1.54, 1.807) is 12.1 Å². The number of benzene rings is 1. The lowest BCUT2D eigenvalue weighted by Crippen LogP contribution is -2.46. The zero-order chi connectivity index (χ0) is 13.2. The Labute approximate surface area is 110 Å². The molecule has 0 saturated carbocycles. The third-order valence-electron chi connectivity index (χ3n) is 4.71. The van der Waals surface area contributed by atoms with Crippen LogP contribution in [0.3, 0.4) is 0 Å². The van der Waals surface area contributed by atoms with Crippen molar-refractivity contribution in [2.75, 3.05) is 6.54 Å². The molecule has 98 valence electrons. The minimum Gasteiger partial charge on any atom is -0.356 e. The molecule has 1 amide bonds. The van der Waals surface area contributed by atoms with Crippen molar-refractivity contribution in [3.63, 3.8) is 0 Å². The lowest BCUT2D eigenvalue weighted by atomic mass is 9.86. The predicted octanol–water partition coefficient (Wildman–Crippen LogP) is 2.70. The summed E-state index contributed by atoms with van der Waals surface area (Å²) in [7, 11) is 0. The van der Waals surface area contributed by atoms with E-state index in [-0.39, 0.29) is 17.3 Å². The molecule has 1 saturated heterocycles. The van der Waals surface area contributed by atoms with Gasteiger partial charge in [-0.2, -0.15) is 0 Å². The van der Waals surface area contributed by atoms with Gasteiger partial charge in [0.2, 0.25) is 5.91 Å². The molecular formula is C15H15FN2O. The maximum Gasteiger partial charge on any atom is 0.223 e. The van der Waals surface area contributed by atoms with E-state index in [9.17, 15) is 9.18 Å². The van der Waals surface area contributed by atoms with Gasteiger partial charge in [0.1, 0.15) is 5.82 Å². The summed E-state index contributed by atoms with van der Waals surface area (Å²) in [6.07, 6.45) is 2.26. The Morgan fingerprint density at radius 1 is 1.37 bits per heavy atom. The Morgan fingerprint density at radius 3 is 3.05 bits per heavy atom. The number of hydrogen-bond donors (Lipinski definition) is 1. The molecule has 0 spiro atoms. The SMILES string of the molecule is CC12CCC(=O)N1CCc1c2[nH]c2ccc(F)cc12. The maximum atomic E-state index is 13.4. The first-order chi connectivity index (χ1) is 9.09. The fourth-order valence-electron chi connectivity index (χ4n) is 3.69. The van der Waals surface area contributed by atoms with Crippen LogP contribution in [-0.2, 0) is 16.8 Å². The van der Waals surface area contributed by atoms with Crippen LogP contribution in [0.4, 0.5) is 4.39 Å². The molecule has 2 aliphatic rings. The summed E-state index contributed by atoms with van der Waals surface area (Å²) in [6, 6.07) is 4.86. The number of carbonyl (C=O) groups excluding carboxylic acids is 1. The fourth-order valence-corrected chi connectivity index (χ4v) is 3.69. The number of hydrogen-bond acceptors (Lipinski definition) is 1. The van der Waals surface area contributed by atoms with Crippen molar-refractivity contribution in [3.05, 3.63) is 35.3 Å². The highest BCUT2D eigenvalue weighted by Crippen LogP contribution is 2.45. The Balaban J connectivity index is 1.99. The van der Waals surface area contributed by atoms with Gasteiger partial charge in [-0.05, 0) is 43.5 Å². The summed E-state index contributed by atoms with van der Waals surface area (Å²) in [5, 5.41) is 0.968. The van der Waals surface area contributed by atoms with E-state index in [0.717, 1.165) is 36.0 Å². The number of fused-ring (bicyclic) bond motifs is 5. The monoisotopic (exact) mass is 258 g/mol. The highest BCUT2D eigenvalue weighted by Gasteiger charge is 2.47. The minimum atomic E-state index is -0.236. The van der Waals surface area contributed by atoms with E-state index in [0.29, 0.717) is 6.42 Å². The molecule has 0 radical (unpaired) electrons. The molecular weight excluding hydrogens is 243 g/mol. The van der Waals surface area contributed by atoms with Gasteiger partial charge in [-0.25, -0.2) is 4.39 Å². The molecule has 1 aromatic carbocycles. The van der Waals surface area contributed by atoms with E-state index in [4.69, 9.17) is 0 Å². The van der Waals surface area contributed by atoms with Crippen LogP contribution in [0, 0.1) is 5.82 Å². The summed E-state index contributed by atoms with van der Waals surface area (Å²) >= 11 is 0. The van der Waals surface area contributed by atoms with E-state index < -0.39 is 0 Å². The second-order valence-electron chi connectivity index (χ2n) is 5.74. The van der Waals surface area contributed by atoms with Gasteiger partial charge in [0, 0.05) is 29.6 Å². The molecule has 2 aromatic rings. The van der Waals surface area contributed by atoms with E-state index >= 15 is 0 Å². The van der Waals surface area contributed by atoms with Gasteiger partial charge in [-0.1, -0.05) is 0 Å². The molecule has 2 aliphatic heterocycles. The summed E-state index contributed by atoms with van der Waals surface area (Å²) in [5.41, 5.74) is 3.02. The Bertz CT molecular complexity index is 705. The maximum absolute atomic E-state index is 13.4. The van der Waals surface area contributed by atoms with Gasteiger partial charge < -0.3 is 9.88 Å². The second-order valence-corrected chi connectivity index (χ2v) is 5.74. The van der Waals surface area contributed by atoms with Crippen LogP contribution in [0.1, 0.15) is 31.0 Å². The topological polar surface area (TPSA) is 36.1 Å². The second kappa shape index (κ2) is 3.38. The van der Waals surface area contributed by atoms with Crippen molar-refractivity contribution in [2.24, 2.45) is 0 Å². The first-order valence-electron chi connectivity index (χ1n) is 6.71. The van der Waals surface area contributed by atoms with Gasteiger partial charge in [-0.15, -0.1) is 0 Å². The number of aromatic amines is 1. The summed E-state index contributed by atoms with van der Waals surface area (Å²) in [6.45, 7) is 2.85. The average Bonchev–Trinajstić information content (AvgIpc) is 2.89. The van der Waals surface area contributed by atoms with Crippen molar-refractivity contribution in [1.82, 2.24) is 9.88 Å². The molecule has 4 heteroatoms. The van der Waals surface area contributed by atoms with Crippen LogP contribution >= 0.6 is 0 Å². The van der Waals surface area contributed by atoms with Crippen LogP contribution in [0.25, 0.3) is 10.9 Å². The highest BCUT2D eigenvalue weighted by atomic mass is 19.1. The lowest BCUT2D eigenvalue weighted by Gasteiger charge is -2.39. The Morgan fingerprint density at radius 2 is 2.21 bits per heavy atom. The number of H-pyrrole nitrogens is 1. The van der Waals surface area contributed by atoms with Crippen LogP contribution in [0.15, 0.2) is 18.2 Å². The highest BCUT2D eigenvalue weighted by molar-refractivity contribution is 5.87. The van der Waals surface area contributed by atoms with Crippen LogP contribution in [0.5, 0.6) is 0 Å². The fraction of sp³-hybridized carbons (Fsp3) is 0.400. The normalized spacial score (nSPS) is 25.8. The molecule has 19 heavy (non-hydrogen) atoms. The third kappa shape index (κ3) is 1.29. The number of nitrogens with zero attached hydrogens (tertiary/aromatic N) is 1. The Hall–Kier alpha value is -1.84. The number of nitrogens with one attached hydrogen (secondary N) is 1. The van der Waals surface area contributed by atoms with Crippen molar-refractivity contribution in [1.29, 1.82) is 0 Å². The number of aromatic nitrogens is 1. The van der Waals surface area contributed by atoms with E-state index in [1.807, 2.05) is 4.90 Å². The smallest absolute Gasteiger partial charge is 0.223 e. The van der Waals surface area contributed by atoms with Crippen molar-refractivity contribution in [2.45, 2.75) is 31.7 Å². The van der Waals surface area contributed by atoms with E-state index in [1.165, 1.54) is 11.6 Å². The predicted molar refractivity (Wildman–Crippen MR) is 70.3 cm³/mol. The molecule has 1 unspecified atom stereocenters. The average molecular weight is 258 g/mol. The molecule has 0 aliphatic carbocycles.